The first-order valence-electron chi connectivity index (χ1n) is 6.31. The Morgan fingerprint density at radius 1 is 1.58 bits per heavy atom. The fraction of sp³-hybridized carbons (Fsp3) is 0.500. The topological polar surface area (TPSA) is 49.8 Å². The van der Waals surface area contributed by atoms with Crippen molar-refractivity contribution >= 4 is 5.97 Å². The van der Waals surface area contributed by atoms with Gasteiger partial charge in [0.05, 0.1) is 13.5 Å². The fourth-order valence-electron chi connectivity index (χ4n) is 2.59. The average Bonchev–Trinajstić information content (AvgIpc) is 2.31. The molecule has 1 atom stereocenters. The lowest BCUT2D eigenvalue weighted by atomic mass is 9.92. The SMILES string of the molecule is COc1cccc(F)c1C(C)N1CC(CC(=O)O)C1. The number of hydrogen-bond acceptors (Lipinski definition) is 3. The fourth-order valence-corrected chi connectivity index (χ4v) is 2.59. The monoisotopic (exact) mass is 267 g/mol. The predicted molar refractivity (Wildman–Crippen MR) is 68.7 cm³/mol. The van der Waals surface area contributed by atoms with Gasteiger partial charge in [0.25, 0.3) is 0 Å². The lowest BCUT2D eigenvalue weighted by molar-refractivity contribution is -0.139. The summed E-state index contributed by atoms with van der Waals surface area (Å²) in [4.78, 5) is 12.7. The van der Waals surface area contributed by atoms with Gasteiger partial charge in [-0.1, -0.05) is 6.07 Å². The van der Waals surface area contributed by atoms with Crippen LogP contribution >= 0.6 is 0 Å². The van der Waals surface area contributed by atoms with E-state index < -0.39 is 5.97 Å². The van der Waals surface area contributed by atoms with Crippen LogP contribution in [-0.2, 0) is 4.79 Å². The number of likely N-dealkylation sites (tertiary alicyclic amines) is 1. The van der Waals surface area contributed by atoms with E-state index >= 15 is 0 Å². The van der Waals surface area contributed by atoms with E-state index in [1.807, 2.05) is 6.92 Å². The molecule has 0 aromatic heterocycles. The molecule has 1 aliphatic heterocycles. The van der Waals surface area contributed by atoms with Crippen molar-refractivity contribution in [3.63, 3.8) is 0 Å². The number of aliphatic carboxylic acids is 1. The van der Waals surface area contributed by atoms with E-state index in [4.69, 9.17) is 9.84 Å². The van der Waals surface area contributed by atoms with Crippen molar-refractivity contribution in [2.75, 3.05) is 20.2 Å². The quantitative estimate of drug-likeness (QED) is 0.889. The van der Waals surface area contributed by atoms with Gasteiger partial charge in [-0.05, 0) is 25.0 Å². The van der Waals surface area contributed by atoms with E-state index in [1.165, 1.54) is 13.2 Å². The number of carbonyl (C=O) groups is 1. The molecule has 2 rings (SSSR count). The smallest absolute Gasteiger partial charge is 0.303 e. The van der Waals surface area contributed by atoms with Crippen LogP contribution in [0.2, 0.25) is 0 Å². The van der Waals surface area contributed by atoms with Gasteiger partial charge >= 0.3 is 5.97 Å². The number of nitrogens with zero attached hydrogens (tertiary/aromatic N) is 1. The number of methoxy groups -OCH3 is 1. The maximum absolute atomic E-state index is 13.9. The van der Waals surface area contributed by atoms with Crippen molar-refractivity contribution < 1.29 is 19.0 Å². The van der Waals surface area contributed by atoms with Crippen LogP contribution < -0.4 is 4.74 Å². The highest BCUT2D eigenvalue weighted by molar-refractivity contribution is 5.67. The molecule has 5 heteroatoms. The number of carboxylic acids is 1. The maximum Gasteiger partial charge on any atom is 0.303 e. The summed E-state index contributed by atoms with van der Waals surface area (Å²) < 4.78 is 19.1. The molecule has 1 saturated heterocycles. The number of rotatable bonds is 5. The summed E-state index contributed by atoms with van der Waals surface area (Å²) in [7, 11) is 1.52. The van der Waals surface area contributed by atoms with E-state index in [-0.39, 0.29) is 24.2 Å². The summed E-state index contributed by atoms with van der Waals surface area (Å²) >= 11 is 0. The van der Waals surface area contributed by atoms with E-state index in [9.17, 15) is 9.18 Å². The second-order valence-corrected chi connectivity index (χ2v) is 4.95. The molecule has 1 aromatic rings. The minimum Gasteiger partial charge on any atom is -0.496 e. The minimum atomic E-state index is -0.777. The van der Waals surface area contributed by atoms with Crippen LogP contribution in [0.4, 0.5) is 4.39 Å². The van der Waals surface area contributed by atoms with Crippen LogP contribution in [0.1, 0.15) is 24.9 Å². The maximum atomic E-state index is 13.9. The molecule has 19 heavy (non-hydrogen) atoms. The third kappa shape index (κ3) is 2.87. The molecule has 1 unspecified atom stereocenters. The number of benzene rings is 1. The zero-order valence-electron chi connectivity index (χ0n) is 11.1. The number of carboxylic acid groups (broad SMARTS) is 1. The van der Waals surface area contributed by atoms with Crippen molar-refractivity contribution in [3.05, 3.63) is 29.6 Å². The van der Waals surface area contributed by atoms with Crippen molar-refractivity contribution in [2.24, 2.45) is 5.92 Å². The molecule has 0 amide bonds. The Labute approximate surface area is 111 Å². The second-order valence-electron chi connectivity index (χ2n) is 4.95. The van der Waals surface area contributed by atoms with E-state index in [0.717, 1.165) is 0 Å². The Bertz CT molecular complexity index is 472. The van der Waals surface area contributed by atoms with Crippen molar-refractivity contribution in [3.8, 4) is 5.75 Å². The molecule has 1 fully saturated rings. The Morgan fingerprint density at radius 3 is 2.84 bits per heavy atom. The zero-order valence-corrected chi connectivity index (χ0v) is 11.1. The highest BCUT2D eigenvalue weighted by atomic mass is 19.1. The van der Waals surface area contributed by atoms with Crippen LogP contribution in [0.15, 0.2) is 18.2 Å². The van der Waals surface area contributed by atoms with Gasteiger partial charge < -0.3 is 9.84 Å². The Kier molecular flexibility index (Phi) is 4.04. The highest BCUT2D eigenvalue weighted by Crippen LogP contribution is 2.35. The molecule has 0 bridgehead atoms. The molecule has 1 heterocycles. The van der Waals surface area contributed by atoms with Gasteiger partial charge in [-0.2, -0.15) is 0 Å². The van der Waals surface area contributed by atoms with Crippen LogP contribution in [0.3, 0.4) is 0 Å². The van der Waals surface area contributed by atoms with Gasteiger partial charge in [-0.3, -0.25) is 9.69 Å². The van der Waals surface area contributed by atoms with Crippen molar-refractivity contribution in [1.29, 1.82) is 0 Å². The Balaban J connectivity index is 2.06. The number of halogens is 1. The van der Waals surface area contributed by atoms with Gasteiger partial charge in [0, 0.05) is 24.7 Å². The Hall–Kier alpha value is -1.62. The molecule has 104 valence electrons. The normalized spacial score (nSPS) is 17.8. The highest BCUT2D eigenvalue weighted by Gasteiger charge is 2.34. The molecule has 0 radical (unpaired) electrons. The zero-order chi connectivity index (χ0) is 14.0. The summed E-state index contributed by atoms with van der Waals surface area (Å²) in [6.07, 6.45) is 0.178. The standard InChI is InChI=1S/C14H18FNO3/c1-9(16-7-10(8-16)6-13(17)18)14-11(15)4-3-5-12(14)19-2/h3-5,9-10H,6-8H2,1-2H3,(H,17,18). The first kappa shape index (κ1) is 13.8. The summed E-state index contributed by atoms with van der Waals surface area (Å²) in [5.74, 6) is -0.360. The third-order valence-corrected chi connectivity index (χ3v) is 3.65. The van der Waals surface area contributed by atoms with E-state index in [2.05, 4.69) is 4.90 Å². The molecule has 0 saturated carbocycles. The molecule has 1 aromatic carbocycles. The lowest BCUT2D eigenvalue weighted by Crippen LogP contribution is -2.48. The lowest BCUT2D eigenvalue weighted by Gasteiger charge is -2.43. The molecule has 1 aliphatic rings. The summed E-state index contributed by atoms with van der Waals surface area (Å²) in [5.41, 5.74) is 0.541. The molecular formula is C14H18FNO3. The van der Waals surface area contributed by atoms with Gasteiger partial charge in [-0.15, -0.1) is 0 Å². The van der Waals surface area contributed by atoms with E-state index in [1.54, 1.807) is 12.1 Å². The van der Waals surface area contributed by atoms with Gasteiger partial charge in [0.15, 0.2) is 0 Å². The average molecular weight is 267 g/mol. The summed E-state index contributed by atoms with van der Waals surface area (Å²) in [6, 6.07) is 4.67. The van der Waals surface area contributed by atoms with Gasteiger partial charge in [0.2, 0.25) is 0 Å². The van der Waals surface area contributed by atoms with Crippen molar-refractivity contribution in [1.82, 2.24) is 4.90 Å². The predicted octanol–water partition coefficient (Wildman–Crippen LogP) is 2.30. The molecule has 1 N–H and O–H groups in total. The third-order valence-electron chi connectivity index (χ3n) is 3.65. The van der Waals surface area contributed by atoms with E-state index in [0.29, 0.717) is 24.4 Å². The number of hydrogen-bond donors (Lipinski definition) is 1. The second kappa shape index (κ2) is 5.57. The van der Waals surface area contributed by atoms with Crippen LogP contribution in [0.25, 0.3) is 0 Å². The Morgan fingerprint density at radius 2 is 2.26 bits per heavy atom. The molecule has 4 nitrogen and oxygen atoms in total. The first-order valence-corrected chi connectivity index (χ1v) is 6.31. The molecule has 0 aliphatic carbocycles. The van der Waals surface area contributed by atoms with Gasteiger partial charge in [0.1, 0.15) is 11.6 Å². The largest absolute Gasteiger partial charge is 0.496 e. The van der Waals surface area contributed by atoms with Crippen molar-refractivity contribution in [2.45, 2.75) is 19.4 Å². The molecular weight excluding hydrogens is 249 g/mol. The minimum absolute atomic E-state index is 0.110. The van der Waals surface area contributed by atoms with Crippen LogP contribution in [0.5, 0.6) is 5.75 Å². The summed E-state index contributed by atoms with van der Waals surface area (Å²) in [6.45, 7) is 3.29. The summed E-state index contributed by atoms with van der Waals surface area (Å²) in [5, 5.41) is 8.72. The van der Waals surface area contributed by atoms with Crippen LogP contribution in [0, 0.1) is 11.7 Å². The molecule has 0 spiro atoms. The van der Waals surface area contributed by atoms with Crippen LogP contribution in [-0.4, -0.2) is 36.2 Å². The number of ether oxygens (including phenoxy) is 1. The van der Waals surface area contributed by atoms with Gasteiger partial charge in [-0.25, -0.2) is 4.39 Å². The first-order chi connectivity index (χ1) is 9.02.